The Hall–Kier alpha value is -2.96. The fourth-order valence-electron chi connectivity index (χ4n) is 2.65. The van der Waals surface area contributed by atoms with Gasteiger partial charge in [0.05, 0.1) is 4.92 Å². The van der Waals surface area contributed by atoms with Crippen LogP contribution in [0.2, 0.25) is 0 Å². The Bertz CT molecular complexity index is 758. The zero-order chi connectivity index (χ0) is 16.4. The molecule has 0 unspecified atom stereocenters. The van der Waals surface area contributed by atoms with Crippen LogP contribution >= 0.6 is 0 Å². The van der Waals surface area contributed by atoms with E-state index in [1.165, 1.54) is 12.3 Å². The molecule has 1 aliphatic heterocycles. The van der Waals surface area contributed by atoms with Crippen LogP contribution in [0.5, 0.6) is 0 Å². The number of rotatable bonds is 4. The van der Waals surface area contributed by atoms with Crippen LogP contribution in [0.15, 0.2) is 36.5 Å². The third-order valence-corrected chi connectivity index (χ3v) is 3.79. The van der Waals surface area contributed by atoms with E-state index in [0.29, 0.717) is 12.2 Å². The number of nitrogens with one attached hydrogen (secondary N) is 1. The highest BCUT2D eigenvalue weighted by atomic mass is 16.6. The lowest BCUT2D eigenvalue weighted by Crippen LogP contribution is -2.24. The van der Waals surface area contributed by atoms with Gasteiger partial charge >= 0.3 is 0 Å². The Labute approximate surface area is 133 Å². The van der Waals surface area contributed by atoms with Crippen molar-refractivity contribution in [3.05, 3.63) is 52.2 Å². The third kappa shape index (κ3) is 3.13. The maximum atomic E-state index is 11.8. The Morgan fingerprint density at radius 1 is 1.30 bits per heavy atom. The highest BCUT2D eigenvalue weighted by Gasteiger charge is 2.22. The summed E-state index contributed by atoms with van der Waals surface area (Å²) in [6.45, 7) is 2.71. The molecule has 3 rings (SSSR count). The van der Waals surface area contributed by atoms with Gasteiger partial charge in [0.25, 0.3) is 5.69 Å². The van der Waals surface area contributed by atoms with Gasteiger partial charge in [-0.1, -0.05) is 0 Å². The first-order chi connectivity index (χ1) is 11.0. The average Bonchev–Trinajstić information content (AvgIpc) is 2.94. The van der Waals surface area contributed by atoms with E-state index >= 15 is 0 Å². The molecule has 1 aromatic carbocycles. The van der Waals surface area contributed by atoms with E-state index in [2.05, 4.69) is 10.3 Å². The second-order valence-electron chi connectivity index (χ2n) is 5.43. The molecule has 0 radical (unpaired) electrons. The Balaban J connectivity index is 1.77. The minimum Gasteiger partial charge on any atom is -0.340 e. The molecule has 7 nitrogen and oxygen atoms in total. The van der Waals surface area contributed by atoms with Gasteiger partial charge in [0, 0.05) is 30.4 Å². The molecule has 7 heteroatoms. The first kappa shape index (κ1) is 15.0. The molecule has 1 fully saturated rings. The van der Waals surface area contributed by atoms with Crippen LogP contribution in [0.4, 0.5) is 22.9 Å². The van der Waals surface area contributed by atoms with Crippen molar-refractivity contribution in [3.63, 3.8) is 0 Å². The van der Waals surface area contributed by atoms with Crippen LogP contribution in [0.1, 0.15) is 18.4 Å². The van der Waals surface area contributed by atoms with E-state index in [9.17, 15) is 14.9 Å². The molecule has 0 bridgehead atoms. The van der Waals surface area contributed by atoms with E-state index in [4.69, 9.17) is 0 Å². The molecule has 1 N–H and O–H groups in total. The van der Waals surface area contributed by atoms with Crippen molar-refractivity contribution >= 4 is 28.8 Å². The molecule has 0 atom stereocenters. The maximum absolute atomic E-state index is 11.8. The molecule has 0 aliphatic carbocycles. The third-order valence-electron chi connectivity index (χ3n) is 3.79. The topological polar surface area (TPSA) is 88.4 Å². The largest absolute Gasteiger partial charge is 0.340 e. The van der Waals surface area contributed by atoms with Crippen molar-refractivity contribution in [2.75, 3.05) is 16.8 Å². The number of hydrogen-bond acceptors (Lipinski definition) is 5. The van der Waals surface area contributed by atoms with Crippen LogP contribution in [-0.4, -0.2) is 22.4 Å². The molecule has 1 saturated heterocycles. The highest BCUT2D eigenvalue weighted by molar-refractivity contribution is 5.96. The minimum atomic E-state index is -0.483. The van der Waals surface area contributed by atoms with Crippen LogP contribution in [0.3, 0.4) is 0 Å². The lowest BCUT2D eigenvalue weighted by molar-refractivity contribution is -0.385. The smallest absolute Gasteiger partial charge is 0.287 e. The van der Waals surface area contributed by atoms with Crippen LogP contribution in [0.25, 0.3) is 0 Å². The van der Waals surface area contributed by atoms with Gasteiger partial charge < -0.3 is 10.2 Å². The number of carbonyl (C=O) groups is 1. The van der Waals surface area contributed by atoms with Gasteiger partial charge in [0.1, 0.15) is 12.0 Å². The van der Waals surface area contributed by atoms with Gasteiger partial charge in [0.2, 0.25) is 5.91 Å². The summed E-state index contributed by atoms with van der Waals surface area (Å²) in [5.74, 6) is 0.686. The van der Waals surface area contributed by atoms with Crippen molar-refractivity contribution in [2.24, 2.45) is 0 Å². The Morgan fingerprint density at radius 2 is 2.13 bits per heavy atom. The summed E-state index contributed by atoms with van der Waals surface area (Å²) in [4.78, 5) is 27.8. The number of benzene rings is 1. The number of pyridine rings is 1. The van der Waals surface area contributed by atoms with Crippen LogP contribution < -0.4 is 10.2 Å². The zero-order valence-corrected chi connectivity index (χ0v) is 12.7. The van der Waals surface area contributed by atoms with Crippen LogP contribution in [-0.2, 0) is 4.79 Å². The first-order valence-electron chi connectivity index (χ1n) is 7.33. The molecule has 118 valence electrons. The molecule has 1 amide bonds. The van der Waals surface area contributed by atoms with Gasteiger partial charge in [-0.15, -0.1) is 0 Å². The van der Waals surface area contributed by atoms with Gasteiger partial charge in [-0.2, -0.15) is 0 Å². The number of carbonyl (C=O) groups excluding carboxylic acids is 1. The predicted octanol–water partition coefficient (Wildman–Crippen LogP) is 3.17. The van der Waals surface area contributed by atoms with Gasteiger partial charge in [-0.05, 0) is 43.2 Å². The van der Waals surface area contributed by atoms with Crippen molar-refractivity contribution < 1.29 is 9.72 Å². The lowest BCUT2D eigenvalue weighted by Gasteiger charge is -2.19. The summed E-state index contributed by atoms with van der Waals surface area (Å²) < 4.78 is 0. The fourth-order valence-corrected chi connectivity index (χ4v) is 2.65. The minimum absolute atomic E-state index is 0.0466. The molecule has 1 aliphatic rings. The number of nitrogens with zero attached hydrogens (tertiary/aromatic N) is 3. The average molecular weight is 312 g/mol. The molecule has 0 spiro atoms. The molecule has 23 heavy (non-hydrogen) atoms. The second-order valence-corrected chi connectivity index (χ2v) is 5.43. The number of hydrogen-bond donors (Lipinski definition) is 1. The van der Waals surface area contributed by atoms with E-state index in [1.807, 2.05) is 30.0 Å². The normalized spacial score (nSPS) is 14.1. The summed E-state index contributed by atoms with van der Waals surface area (Å²) in [6, 6.07) is 8.68. The van der Waals surface area contributed by atoms with Crippen LogP contribution in [0, 0.1) is 17.0 Å². The van der Waals surface area contributed by atoms with E-state index < -0.39 is 4.92 Å². The van der Waals surface area contributed by atoms with E-state index in [0.717, 1.165) is 29.9 Å². The molecule has 2 heterocycles. The Morgan fingerprint density at radius 3 is 2.70 bits per heavy atom. The molecule has 1 aromatic heterocycles. The standard InChI is InChI=1S/C16H16N4O3/c1-11-9-12(4-6-14(11)19-8-2-3-16(19)21)18-15-7-5-13(10-17-15)20(22)23/h4-7,9-10H,2-3,8H2,1H3,(H,17,18). The predicted molar refractivity (Wildman–Crippen MR) is 86.9 cm³/mol. The van der Waals surface area contributed by atoms with E-state index in [1.54, 1.807) is 6.07 Å². The monoisotopic (exact) mass is 312 g/mol. The lowest BCUT2D eigenvalue weighted by atomic mass is 10.1. The molecular weight excluding hydrogens is 296 g/mol. The summed E-state index contributed by atoms with van der Waals surface area (Å²) in [6.07, 6.45) is 2.71. The number of nitro groups is 1. The molecular formula is C16H16N4O3. The maximum Gasteiger partial charge on any atom is 0.287 e. The molecule has 2 aromatic rings. The SMILES string of the molecule is Cc1cc(Nc2ccc([N+](=O)[O-])cn2)ccc1N1CCCC1=O. The van der Waals surface area contributed by atoms with Gasteiger partial charge in [0.15, 0.2) is 0 Å². The van der Waals surface area contributed by atoms with Crippen molar-refractivity contribution in [3.8, 4) is 0 Å². The Kier molecular flexibility index (Phi) is 3.92. The summed E-state index contributed by atoms with van der Waals surface area (Å²) >= 11 is 0. The number of amides is 1. The van der Waals surface area contributed by atoms with Crippen molar-refractivity contribution in [1.82, 2.24) is 4.98 Å². The fraction of sp³-hybridized carbons (Fsp3) is 0.250. The van der Waals surface area contributed by atoms with Crippen molar-refractivity contribution in [2.45, 2.75) is 19.8 Å². The van der Waals surface area contributed by atoms with Crippen molar-refractivity contribution in [1.29, 1.82) is 0 Å². The number of aryl methyl sites for hydroxylation is 1. The van der Waals surface area contributed by atoms with E-state index in [-0.39, 0.29) is 11.6 Å². The number of anilines is 3. The zero-order valence-electron chi connectivity index (χ0n) is 12.7. The second kappa shape index (κ2) is 6.04. The highest BCUT2D eigenvalue weighted by Crippen LogP contribution is 2.28. The first-order valence-corrected chi connectivity index (χ1v) is 7.33. The van der Waals surface area contributed by atoms with Gasteiger partial charge in [-0.25, -0.2) is 4.98 Å². The van der Waals surface area contributed by atoms with Gasteiger partial charge in [-0.3, -0.25) is 14.9 Å². The summed E-state index contributed by atoms with van der Waals surface area (Å²) in [5.41, 5.74) is 2.69. The number of aromatic nitrogens is 1. The quantitative estimate of drug-likeness (QED) is 0.692. The summed E-state index contributed by atoms with van der Waals surface area (Å²) in [5, 5.41) is 13.7. The summed E-state index contributed by atoms with van der Waals surface area (Å²) in [7, 11) is 0. The molecule has 0 saturated carbocycles.